The van der Waals surface area contributed by atoms with E-state index >= 15 is 0 Å². The van der Waals surface area contributed by atoms with E-state index in [0.717, 1.165) is 25.1 Å². The highest BCUT2D eigenvalue weighted by atomic mass is 32.2. The number of rotatable bonds is 4. The fourth-order valence-corrected chi connectivity index (χ4v) is 3.75. The summed E-state index contributed by atoms with van der Waals surface area (Å²) in [7, 11) is 0. The van der Waals surface area contributed by atoms with E-state index in [1.807, 2.05) is 18.7 Å². The molecule has 2 heterocycles. The van der Waals surface area contributed by atoms with Crippen LogP contribution in [-0.2, 0) is 0 Å². The molecule has 0 spiro atoms. The first kappa shape index (κ1) is 13.5. The topological polar surface area (TPSA) is 80.0 Å². The van der Waals surface area contributed by atoms with Crippen LogP contribution in [0.1, 0.15) is 29.4 Å². The third-order valence-electron chi connectivity index (χ3n) is 2.68. The van der Waals surface area contributed by atoms with Crippen LogP contribution in [0.5, 0.6) is 0 Å². The molecule has 0 aromatic carbocycles. The Morgan fingerprint density at radius 1 is 1.61 bits per heavy atom. The molecule has 1 amide bonds. The second-order valence-corrected chi connectivity index (χ2v) is 6.30. The summed E-state index contributed by atoms with van der Waals surface area (Å²) in [6, 6.07) is 0.264. The summed E-state index contributed by atoms with van der Waals surface area (Å²) in [6.45, 7) is 2.75. The molecular weight excluding hydrogens is 268 g/mol. The number of hydrogen-bond acceptors (Lipinski definition) is 6. The summed E-state index contributed by atoms with van der Waals surface area (Å²) in [4.78, 5) is 16.7. The smallest absolute Gasteiger partial charge is 0.265 e. The average molecular weight is 286 g/mol. The van der Waals surface area contributed by atoms with Crippen molar-refractivity contribution in [3.63, 3.8) is 0 Å². The molecule has 1 saturated heterocycles. The van der Waals surface area contributed by atoms with Gasteiger partial charge in [0.15, 0.2) is 5.13 Å². The number of nitrogen functional groups attached to an aromatic ring is 1. The van der Waals surface area contributed by atoms with Crippen molar-refractivity contribution in [2.24, 2.45) is 0 Å². The van der Waals surface area contributed by atoms with Gasteiger partial charge in [0.1, 0.15) is 10.7 Å². The Bertz CT molecular complexity index is 415. The molecular formula is C11H18N4OS2. The fraction of sp³-hybridized carbons (Fsp3) is 0.636. The number of nitrogens with two attached hydrogens (primary N) is 1. The first-order chi connectivity index (χ1) is 8.70. The highest BCUT2D eigenvalue weighted by Crippen LogP contribution is 2.25. The van der Waals surface area contributed by atoms with Gasteiger partial charge in [0.25, 0.3) is 5.91 Å². The largest absolute Gasteiger partial charge is 0.382 e. The summed E-state index contributed by atoms with van der Waals surface area (Å²) in [5.74, 6) is 2.41. The molecule has 0 aliphatic carbocycles. The monoisotopic (exact) mass is 286 g/mol. The van der Waals surface area contributed by atoms with Crippen LogP contribution in [0.4, 0.5) is 10.9 Å². The second-order valence-electron chi connectivity index (χ2n) is 4.15. The highest BCUT2D eigenvalue weighted by Gasteiger charge is 2.21. The summed E-state index contributed by atoms with van der Waals surface area (Å²) in [5.41, 5.74) is 5.77. The van der Waals surface area contributed by atoms with Crippen LogP contribution < -0.4 is 16.4 Å². The van der Waals surface area contributed by atoms with Crippen molar-refractivity contribution in [3.8, 4) is 0 Å². The van der Waals surface area contributed by atoms with Gasteiger partial charge in [-0.3, -0.25) is 4.79 Å². The predicted molar refractivity (Wildman–Crippen MR) is 78.5 cm³/mol. The van der Waals surface area contributed by atoms with Gasteiger partial charge in [-0.1, -0.05) is 11.3 Å². The zero-order valence-electron chi connectivity index (χ0n) is 10.4. The number of carbonyl (C=O) groups excluding carboxylic acids is 1. The molecule has 1 unspecified atom stereocenters. The molecule has 1 aromatic heterocycles. The van der Waals surface area contributed by atoms with Crippen molar-refractivity contribution >= 4 is 40.0 Å². The standard InChI is InChI=1S/C11H18N4OS2/c1-2-13-11-15-9(12)8(18-11)10(16)14-7-4-3-5-17-6-7/h7H,2-6,12H2,1H3,(H,13,15)(H,14,16). The van der Waals surface area contributed by atoms with Gasteiger partial charge in [-0.25, -0.2) is 4.98 Å². The van der Waals surface area contributed by atoms with Gasteiger partial charge >= 0.3 is 0 Å². The van der Waals surface area contributed by atoms with E-state index in [1.165, 1.54) is 17.1 Å². The molecule has 4 N–H and O–H groups in total. The van der Waals surface area contributed by atoms with E-state index in [0.29, 0.717) is 15.8 Å². The van der Waals surface area contributed by atoms with Crippen LogP contribution in [-0.4, -0.2) is 35.0 Å². The minimum absolute atomic E-state index is 0.0957. The average Bonchev–Trinajstić information content (AvgIpc) is 2.72. The van der Waals surface area contributed by atoms with Crippen molar-refractivity contribution in [3.05, 3.63) is 4.88 Å². The molecule has 0 bridgehead atoms. The molecule has 18 heavy (non-hydrogen) atoms. The predicted octanol–water partition coefficient (Wildman–Crippen LogP) is 1.78. The molecule has 1 atom stereocenters. The zero-order valence-corrected chi connectivity index (χ0v) is 12.0. The maximum absolute atomic E-state index is 12.1. The number of thioether (sulfide) groups is 1. The van der Waals surface area contributed by atoms with Gasteiger partial charge in [0.2, 0.25) is 0 Å². The Morgan fingerprint density at radius 3 is 3.11 bits per heavy atom. The molecule has 100 valence electrons. The van der Waals surface area contributed by atoms with Crippen LogP contribution in [0.15, 0.2) is 0 Å². The van der Waals surface area contributed by atoms with Crippen LogP contribution >= 0.6 is 23.1 Å². The summed E-state index contributed by atoms with van der Waals surface area (Å²) >= 11 is 3.20. The van der Waals surface area contributed by atoms with Crippen LogP contribution in [0.25, 0.3) is 0 Å². The SMILES string of the molecule is CCNc1nc(N)c(C(=O)NC2CCCSC2)s1. The number of nitrogens with one attached hydrogen (secondary N) is 2. The van der Waals surface area contributed by atoms with E-state index in [1.54, 1.807) is 0 Å². The van der Waals surface area contributed by atoms with E-state index in [2.05, 4.69) is 15.6 Å². The number of thiazole rings is 1. The van der Waals surface area contributed by atoms with Gasteiger partial charge < -0.3 is 16.4 Å². The van der Waals surface area contributed by atoms with Crippen LogP contribution in [0, 0.1) is 0 Å². The first-order valence-electron chi connectivity index (χ1n) is 6.09. The van der Waals surface area contributed by atoms with Gasteiger partial charge in [-0.15, -0.1) is 0 Å². The Kier molecular flexibility index (Phi) is 4.71. The normalized spacial score (nSPS) is 19.5. The molecule has 1 aliphatic rings. The maximum atomic E-state index is 12.1. The fourth-order valence-electron chi connectivity index (χ4n) is 1.83. The second kappa shape index (κ2) is 6.29. The van der Waals surface area contributed by atoms with Crippen molar-refractivity contribution < 1.29 is 4.79 Å². The maximum Gasteiger partial charge on any atom is 0.265 e. The van der Waals surface area contributed by atoms with Gasteiger partial charge in [0.05, 0.1) is 0 Å². The van der Waals surface area contributed by atoms with Gasteiger partial charge in [-0.05, 0) is 25.5 Å². The quantitative estimate of drug-likeness (QED) is 0.786. The van der Waals surface area contributed by atoms with E-state index in [4.69, 9.17) is 5.73 Å². The Hall–Kier alpha value is -0.950. The minimum Gasteiger partial charge on any atom is -0.382 e. The number of aromatic nitrogens is 1. The minimum atomic E-state index is -0.0957. The van der Waals surface area contributed by atoms with Gasteiger partial charge in [0, 0.05) is 18.3 Å². The summed E-state index contributed by atoms with van der Waals surface area (Å²) in [5, 5.41) is 6.81. The lowest BCUT2D eigenvalue weighted by Gasteiger charge is -2.22. The van der Waals surface area contributed by atoms with E-state index in [-0.39, 0.29) is 11.9 Å². The van der Waals surface area contributed by atoms with Crippen LogP contribution in [0.3, 0.4) is 0 Å². The lowest BCUT2D eigenvalue weighted by Crippen LogP contribution is -2.38. The summed E-state index contributed by atoms with van der Waals surface area (Å²) in [6.07, 6.45) is 2.22. The van der Waals surface area contributed by atoms with Crippen molar-refractivity contribution in [2.75, 3.05) is 29.1 Å². The number of anilines is 2. The number of amides is 1. The van der Waals surface area contributed by atoms with Crippen molar-refractivity contribution in [1.82, 2.24) is 10.3 Å². The Balaban J connectivity index is 1.99. The van der Waals surface area contributed by atoms with E-state index < -0.39 is 0 Å². The lowest BCUT2D eigenvalue weighted by molar-refractivity contribution is 0.0943. The third-order valence-corrected chi connectivity index (χ3v) is 4.93. The molecule has 0 radical (unpaired) electrons. The highest BCUT2D eigenvalue weighted by molar-refractivity contribution is 7.99. The van der Waals surface area contributed by atoms with Crippen LogP contribution in [0.2, 0.25) is 0 Å². The zero-order chi connectivity index (χ0) is 13.0. The third kappa shape index (κ3) is 3.29. The van der Waals surface area contributed by atoms with Crippen molar-refractivity contribution in [2.45, 2.75) is 25.8 Å². The molecule has 2 rings (SSSR count). The van der Waals surface area contributed by atoms with Gasteiger partial charge in [-0.2, -0.15) is 11.8 Å². The molecule has 1 aromatic rings. The number of carbonyl (C=O) groups is 1. The first-order valence-corrected chi connectivity index (χ1v) is 8.06. The Labute approximate surface area is 115 Å². The molecule has 1 fully saturated rings. The molecule has 5 nitrogen and oxygen atoms in total. The van der Waals surface area contributed by atoms with E-state index in [9.17, 15) is 4.79 Å². The number of hydrogen-bond donors (Lipinski definition) is 3. The lowest BCUT2D eigenvalue weighted by atomic mass is 10.2. The summed E-state index contributed by atoms with van der Waals surface area (Å²) < 4.78 is 0. The molecule has 1 aliphatic heterocycles. The molecule has 0 saturated carbocycles. The van der Waals surface area contributed by atoms with Crippen molar-refractivity contribution in [1.29, 1.82) is 0 Å². The molecule has 7 heteroatoms. The number of nitrogens with zero attached hydrogens (tertiary/aromatic N) is 1. The Morgan fingerprint density at radius 2 is 2.44 bits per heavy atom.